The molecule has 0 aliphatic carbocycles. The largest absolute Gasteiger partial charge is 0.507 e. The molecule has 0 unspecified atom stereocenters. The van der Waals surface area contributed by atoms with Gasteiger partial charge in [0.25, 0.3) is 0 Å². The molecule has 0 fully saturated rings. The highest BCUT2D eigenvalue weighted by Gasteiger charge is 2.10. The maximum atomic E-state index is 9.80. The molecule has 6 N–H and O–H groups in total. The van der Waals surface area contributed by atoms with Crippen molar-refractivity contribution < 1.29 is 10.2 Å². The van der Waals surface area contributed by atoms with Crippen molar-refractivity contribution in [3.63, 3.8) is 0 Å². The van der Waals surface area contributed by atoms with Crippen LogP contribution in [0, 0.1) is 0 Å². The minimum Gasteiger partial charge on any atom is -0.507 e. The molecule has 0 saturated carbocycles. The summed E-state index contributed by atoms with van der Waals surface area (Å²) >= 11 is 0. The number of hydrogen-bond acceptors (Lipinski definition) is 4. The van der Waals surface area contributed by atoms with Crippen molar-refractivity contribution in [2.24, 2.45) is 21.7 Å². The molecule has 0 aliphatic heterocycles. The topological polar surface area (TPSA) is 122 Å². The van der Waals surface area contributed by atoms with E-state index in [9.17, 15) is 10.2 Å². The average Bonchev–Trinajstić information content (AvgIpc) is 2.72. The van der Waals surface area contributed by atoms with Crippen LogP contribution in [0.1, 0.15) is 0 Å². The number of para-hydroxylation sites is 1. The maximum Gasteiger partial charge on any atom is 0.211 e. The molecule has 0 atom stereocenters. The molecular weight excluding hydrogens is 246 g/mol. The number of nitrogens with zero attached hydrogens (tertiary/aromatic N) is 3. The van der Waals surface area contributed by atoms with Gasteiger partial charge in [0.1, 0.15) is 12.1 Å². The fourth-order valence-electron chi connectivity index (χ4n) is 1.61. The molecule has 0 spiro atoms. The van der Waals surface area contributed by atoms with E-state index < -0.39 is 0 Å². The Morgan fingerprint density at radius 3 is 2.53 bits per heavy atom. The number of rotatable bonds is 3. The molecule has 0 saturated heterocycles. The van der Waals surface area contributed by atoms with Crippen LogP contribution in [-0.4, -0.2) is 27.1 Å². The summed E-state index contributed by atoms with van der Waals surface area (Å²) in [6, 6.07) is 9.87. The number of hydrogen-bond donors (Lipinski definition) is 4. The lowest BCUT2D eigenvalue weighted by molar-refractivity contribution is 0.448. The molecule has 98 valence electrons. The monoisotopic (exact) mass is 259 g/mol. The van der Waals surface area contributed by atoms with Crippen molar-refractivity contribution in [2.75, 3.05) is 0 Å². The fraction of sp³-hybridized carbons (Fsp3) is 0. The first-order chi connectivity index (χ1) is 9.09. The number of aromatic hydroxyl groups is 2. The Bertz CT molecular complexity index is 641. The highest BCUT2D eigenvalue weighted by atomic mass is 16.3. The van der Waals surface area contributed by atoms with Crippen LogP contribution >= 0.6 is 0 Å². The highest BCUT2D eigenvalue weighted by molar-refractivity contribution is 5.79. The summed E-state index contributed by atoms with van der Waals surface area (Å²) in [6.45, 7) is 0. The third-order valence-corrected chi connectivity index (χ3v) is 2.42. The molecule has 0 amide bonds. The van der Waals surface area contributed by atoms with Crippen LogP contribution in [0.2, 0.25) is 0 Å². The first-order valence-electron chi connectivity index (χ1n) is 5.40. The molecule has 7 nitrogen and oxygen atoms in total. The van der Waals surface area contributed by atoms with Gasteiger partial charge < -0.3 is 21.7 Å². The lowest BCUT2D eigenvalue weighted by Gasteiger charge is -2.06. The van der Waals surface area contributed by atoms with E-state index in [1.807, 2.05) is 0 Å². The average molecular weight is 259 g/mol. The van der Waals surface area contributed by atoms with Gasteiger partial charge in [0.15, 0.2) is 5.88 Å². The normalized spacial score (nSPS) is 10.7. The Morgan fingerprint density at radius 1 is 1.11 bits per heavy atom. The summed E-state index contributed by atoms with van der Waals surface area (Å²) in [5.74, 6) is -0.142. The lowest BCUT2D eigenvalue weighted by atomic mass is 10.1. The van der Waals surface area contributed by atoms with Crippen molar-refractivity contribution in [1.29, 1.82) is 0 Å². The third kappa shape index (κ3) is 2.65. The smallest absolute Gasteiger partial charge is 0.211 e. The predicted octanol–water partition coefficient (Wildman–Crippen LogP) is 0.631. The van der Waals surface area contributed by atoms with E-state index in [4.69, 9.17) is 11.5 Å². The zero-order chi connectivity index (χ0) is 13.8. The minimum absolute atomic E-state index is 0.0483. The molecule has 2 rings (SSSR count). The Kier molecular flexibility index (Phi) is 3.37. The number of aromatic nitrogens is 1. The van der Waals surface area contributed by atoms with Gasteiger partial charge in [-0.05, 0) is 18.2 Å². The zero-order valence-electron chi connectivity index (χ0n) is 9.93. The van der Waals surface area contributed by atoms with Crippen molar-refractivity contribution in [2.45, 2.75) is 0 Å². The molecule has 0 radical (unpaired) electrons. The number of phenolic OH excluding ortho intramolecular Hbond substituents is 1. The van der Waals surface area contributed by atoms with Crippen LogP contribution < -0.4 is 11.5 Å². The fourth-order valence-corrected chi connectivity index (χ4v) is 1.61. The van der Waals surface area contributed by atoms with Crippen molar-refractivity contribution in [3.05, 3.63) is 36.4 Å². The van der Waals surface area contributed by atoms with Crippen LogP contribution in [-0.2, 0) is 0 Å². The Morgan fingerprint density at radius 2 is 1.84 bits per heavy atom. The Hall–Kier alpha value is -2.96. The number of guanidine groups is 1. The van der Waals surface area contributed by atoms with E-state index in [2.05, 4.69) is 10.2 Å². The molecule has 19 heavy (non-hydrogen) atoms. The summed E-state index contributed by atoms with van der Waals surface area (Å²) < 4.78 is 1.35. The van der Waals surface area contributed by atoms with E-state index in [1.54, 1.807) is 30.3 Å². The van der Waals surface area contributed by atoms with Crippen LogP contribution in [0.15, 0.2) is 46.6 Å². The van der Waals surface area contributed by atoms with Crippen LogP contribution in [0.4, 0.5) is 0 Å². The molecule has 1 aromatic carbocycles. The number of benzene rings is 1. The quantitative estimate of drug-likeness (QED) is 0.367. The van der Waals surface area contributed by atoms with Gasteiger partial charge in [0.2, 0.25) is 5.96 Å². The van der Waals surface area contributed by atoms with E-state index in [0.29, 0.717) is 11.3 Å². The summed E-state index contributed by atoms with van der Waals surface area (Å²) in [7, 11) is 0. The second-order valence-corrected chi connectivity index (χ2v) is 3.72. The summed E-state index contributed by atoms with van der Waals surface area (Å²) in [5, 5.41) is 26.6. The van der Waals surface area contributed by atoms with Gasteiger partial charge in [-0.1, -0.05) is 12.1 Å². The van der Waals surface area contributed by atoms with Crippen LogP contribution in [0.3, 0.4) is 0 Å². The van der Waals surface area contributed by atoms with Gasteiger partial charge in [0.05, 0.1) is 5.69 Å². The van der Waals surface area contributed by atoms with E-state index in [1.165, 1.54) is 17.0 Å². The minimum atomic E-state index is -0.188. The standard InChI is InChI=1S/C12H13N5O2/c13-12(14)16-15-7-17-9(5-6-11(17)19)8-3-1-2-4-10(8)18/h1-7,18-19H,(H4,13,14,16). The van der Waals surface area contributed by atoms with Crippen LogP contribution in [0.5, 0.6) is 11.6 Å². The number of nitrogens with two attached hydrogens (primary N) is 2. The Labute approximate surface area is 109 Å². The van der Waals surface area contributed by atoms with E-state index in [0.717, 1.165) is 0 Å². The maximum absolute atomic E-state index is 9.80. The van der Waals surface area contributed by atoms with Gasteiger partial charge in [-0.15, -0.1) is 10.2 Å². The van der Waals surface area contributed by atoms with Gasteiger partial charge in [-0.2, -0.15) is 0 Å². The van der Waals surface area contributed by atoms with Gasteiger partial charge in [-0.3, -0.25) is 4.57 Å². The number of phenols is 1. The second-order valence-electron chi connectivity index (χ2n) is 3.72. The summed E-state index contributed by atoms with van der Waals surface area (Å²) in [4.78, 5) is 0. The predicted molar refractivity (Wildman–Crippen MR) is 72.9 cm³/mol. The molecule has 1 heterocycles. The molecule has 1 aromatic heterocycles. The lowest BCUT2D eigenvalue weighted by Crippen LogP contribution is -2.21. The molecule has 7 heteroatoms. The van der Waals surface area contributed by atoms with Gasteiger partial charge >= 0.3 is 0 Å². The van der Waals surface area contributed by atoms with Crippen molar-refractivity contribution in [3.8, 4) is 22.9 Å². The molecule has 2 aromatic rings. The second kappa shape index (κ2) is 5.13. The van der Waals surface area contributed by atoms with Crippen LogP contribution in [0.25, 0.3) is 11.3 Å². The zero-order valence-corrected chi connectivity index (χ0v) is 9.93. The first-order valence-corrected chi connectivity index (χ1v) is 5.40. The van der Waals surface area contributed by atoms with Crippen molar-refractivity contribution >= 4 is 12.3 Å². The summed E-state index contributed by atoms with van der Waals surface area (Å²) in [6.07, 6.45) is 1.25. The SMILES string of the molecule is NC(N)=NN=Cn1c(O)ccc1-c1ccccc1O. The molecule has 0 aliphatic rings. The molecule has 0 bridgehead atoms. The first kappa shape index (κ1) is 12.5. The summed E-state index contributed by atoms with van der Waals surface area (Å²) in [5.41, 5.74) is 11.4. The molecular formula is C12H13N5O2. The van der Waals surface area contributed by atoms with E-state index >= 15 is 0 Å². The van der Waals surface area contributed by atoms with Gasteiger partial charge in [-0.25, -0.2) is 0 Å². The third-order valence-electron chi connectivity index (χ3n) is 2.42. The highest BCUT2D eigenvalue weighted by Crippen LogP contribution is 2.31. The van der Waals surface area contributed by atoms with E-state index in [-0.39, 0.29) is 17.6 Å². The van der Waals surface area contributed by atoms with Gasteiger partial charge in [0, 0.05) is 11.6 Å². The van der Waals surface area contributed by atoms with Crippen molar-refractivity contribution in [1.82, 2.24) is 4.57 Å². The Balaban J connectivity index is 2.46.